The Morgan fingerprint density at radius 3 is 2.58 bits per heavy atom. The zero-order chi connectivity index (χ0) is 9.56. The van der Waals surface area contributed by atoms with Crippen molar-refractivity contribution in [2.24, 2.45) is 5.73 Å². The lowest BCUT2D eigenvalue weighted by Crippen LogP contribution is -2.24. The average molecular weight is 191 g/mol. The number of carbonyl (C=O) groups is 2. The minimum absolute atomic E-state index is 0.179. The second kappa shape index (κ2) is 5.88. The fraction of sp³-hybridized carbons (Fsp3) is 0.714. The Kier molecular flexibility index (Phi) is 5.53. The number of ether oxygens (including phenoxy) is 1. The molecule has 0 aromatic carbocycles. The maximum absolute atomic E-state index is 10.8. The van der Waals surface area contributed by atoms with Gasteiger partial charge in [0.2, 0.25) is 5.91 Å². The lowest BCUT2D eigenvalue weighted by Gasteiger charge is -2.05. The Hall–Kier alpha value is -0.710. The maximum atomic E-state index is 10.8. The van der Waals surface area contributed by atoms with E-state index < -0.39 is 5.91 Å². The molecular weight excluding hydrogens is 178 g/mol. The van der Waals surface area contributed by atoms with Crippen LogP contribution < -0.4 is 5.73 Å². The van der Waals surface area contributed by atoms with Crippen LogP contribution in [-0.4, -0.2) is 29.5 Å². The Morgan fingerprint density at radius 1 is 1.58 bits per heavy atom. The predicted octanol–water partition coefficient (Wildman–Crippen LogP) is 0.156. The molecule has 0 aromatic rings. The van der Waals surface area contributed by atoms with Crippen LogP contribution >= 0.6 is 11.8 Å². The Bertz CT molecular complexity index is 172. The molecule has 4 nitrogen and oxygen atoms in total. The first kappa shape index (κ1) is 11.3. The van der Waals surface area contributed by atoms with E-state index in [0.29, 0.717) is 6.61 Å². The van der Waals surface area contributed by atoms with Crippen molar-refractivity contribution in [1.82, 2.24) is 0 Å². The number of esters is 1. The van der Waals surface area contributed by atoms with Gasteiger partial charge in [-0.2, -0.15) is 0 Å². The molecule has 1 amide bonds. The molecule has 0 saturated heterocycles. The first-order valence-corrected chi connectivity index (χ1v) is 4.69. The van der Waals surface area contributed by atoms with Crippen molar-refractivity contribution in [3.8, 4) is 0 Å². The van der Waals surface area contributed by atoms with Gasteiger partial charge in [0, 0.05) is 0 Å². The summed E-state index contributed by atoms with van der Waals surface area (Å²) in [6, 6.07) is 0. The number of thioether (sulfide) groups is 1. The molecule has 0 unspecified atom stereocenters. The van der Waals surface area contributed by atoms with Crippen molar-refractivity contribution in [2.75, 3.05) is 12.4 Å². The number of nitrogens with two attached hydrogens (primary N) is 1. The number of carbonyl (C=O) groups excluding carboxylic acids is 2. The van der Waals surface area contributed by atoms with Gasteiger partial charge in [-0.05, 0) is 13.8 Å². The quantitative estimate of drug-likeness (QED) is 0.628. The number of primary amides is 1. The molecule has 0 aliphatic carbocycles. The normalized spacial score (nSPS) is 12.2. The lowest BCUT2D eigenvalue weighted by atomic mass is 10.5. The summed E-state index contributed by atoms with van der Waals surface area (Å²) in [6.07, 6.45) is 0. The molecule has 70 valence electrons. The summed E-state index contributed by atoms with van der Waals surface area (Å²) in [5.74, 6) is -0.544. The average Bonchev–Trinajstić information content (AvgIpc) is 2.00. The van der Waals surface area contributed by atoms with Crippen molar-refractivity contribution >= 4 is 23.6 Å². The van der Waals surface area contributed by atoms with Crippen LogP contribution in [0.1, 0.15) is 13.8 Å². The molecule has 2 N–H and O–H groups in total. The molecular formula is C7H13NO3S. The molecule has 0 fully saturated rings. The molecule has 0 radical (unpaired) electrons. The van der Waals surface area contributed by atoms with Gasteiger partial charge in [0.15, 0.2) is 0 Å². The SMILES string of the molecule is CCOC(=O)CS[C@@H](C)C(N)=O. The highest BCUT2D eigenvalue weighted by Gasteiger charge is 2.11. The standard InChI is InChI=1S/C7H13NO3S/c1-3-11-6(9)4-12-5(2)7(8)10/h5H,3-4H2,1-2H3,(H2,8,10)/t5-/m0/s1. The van der Waals surface area contributed by atoms with Gasteiger partial charge >= 0.3 is 5.97 Å². The van der Waals surface area contributed by atoms with Crippen LogP contribution in [0.4, 0.5) is 0 Å². The monoisotopic (exact) mass is 191 g/mol. The Labute approximate surface area is 75.8 Å². The zero-order valence-corrected chi connectivity index (χ0v) is 8.02. The van der Waals surface area contributed by atoms with Gasteiger partial charge in [-0.1, -0.05) is 0 Å². The van der Waals surface area contributed by atoms with Crippen LogP contribution in [0.25, 0.3) is 0 Å². The van der Waals surface area contributed by atoms with Crippen molar-refractivity contribution in [3.63, 3.8) is 0 Å². The first-order chi connectivity index (χ1) is 5.57. The van der Waals surface area contributed by atoms with Crippen molar-refractivity contribution in [2.45, 2.75) is 19.1 Å². The summed E-state index contributed by atoms with van der Waals surface area (Å²) in [5, 5.41) is -0.339. The van der Waals surface area contributed by atoms with E-state index in [9.17, 15) is 9.59 Å². The highest BCUT2D eigenvalue weighted by atomic mass is 32.2. The summed E-state index contributed by atoms with van der Waals surface area (Å²) in [4.78, 5) is 21.3. The molecule has 5 heteroatoms. The Morgan fingerprint density at radius 2 is 2.17 bits per heavy atom. The van der Waals surface area contributed by atoms with Gasteiger partial charge in [0.1, 0.15) is 0 Å². The maximum Gasteiger partial charge on any atom is 0.315 e. The number of hydrogen-bond acceptors (Lipinski definition) is 4. The van der Waals surface area contributed by atoms with E-state index in [-0.39, 0.29) is 17.0 Å². The second-order valence-corrected chi connectivity index (χ2v) is 3.49. The summed E-state index contributed by atoms with van der Waals surface area (Å²) >= 11 is 1.18. The third kappa shape index (κ3) is 5.01. The van der Waals surface area contributed by atoms with E-state index in [0.717, 1.165) is 0 Å². The van der Waals surface area contributed by atoms with Gasteiger partial charge in [-0.25, -0.2) is 0 Å². The van der Waals surface area contributed by atoms with Gasteiger partial charge in [0.25, 0.3) is 0 Å². The third-order valence-corrected chi connectivity index (χ3v) is 2.29. The highest BCUT2D eigenvalue weighted by molar-refractivity contribution is 8.01. The number of amides is 1. The van der Waals surface area contributed by atoms with Crippen LogP contribution in [0.5, 0.6) is 0 Å². The van der Waals surface area contributed by atoms with E-state index in [1.54, 1.807) is 13.8 Å². The second-order valence-electron chi connectivity index (χ2n) is 2.16. The molecule has 0 saturated carbocycles. The van der Waals surface area contributed by atoms with Crippen LogP contribution in [0, 0.1) is 0 Å². The molecule has 12 heavy (non-hydrogen) atoms. The number of hydrogen-bond donors (Lipinski definition) is 1. The van der Waals surface area contributed by atoms with Gasteiger partial charge in [-0.15, -0.1) is 11.8 Å². The Balaban J connectivity index is 3.54. The van der Waals surface area contributed by atoms with Crippen molar-refractivity contribution < 1.29 is 14.3 Å². The topological polar surface area (TPSA) is 69.4 Å². The van der Waals surface area contributed by atoms with E-state index in [1.165, 1.54) is 11.8 Å². The molecule has 0 aliphatic heterocycles. The van der Waals surface area contributed by atoms with Crippen molar-refractivity contribution in [1.29, 1.82) is 0 Å². The molecule has 0 rings (SSSR count). The smallest absolute Gasteiger partial charge is 0.315 e. The zero-order valence-electron chi connectivity index (χ0n) is 7.20. The summed E-state index contributed by atoms with van der Waals surface area (Å²) in [7, 11) is 0. The van der Waals surface area contributed by atoms with Gasteiger partial charge in [-0.3, -0.25) is 9.59 Å². The summed E-state index contributed by atoms with van der Waals surface area (Å²) in [5.41, 5.74) is 4.98. The lowest BCUT2D eigenvalue weighted by molar-refractivity contribution is -0.139. The van der Waals surface area contributed by atoms with Crippen LogP contribution in [-0.2, 0) is 14.3 Å². The molecule has 0 bridgehead atoms. The van der Waals surface area contributed by atoms with Gasteiger partial charge in [0.05, 0.1) is 17.6 Å². The molecule has 1 atom stereocenters. The van der Waals surface area contributed by atoms with Gasteiger partial charge < -0.3 is 10.5 Å². The summed E-state index contributed by atoms with van der Waals surface area (Å²) in [6.45, 7) is 3.76. The molecule has 0 aromatic heterocycles. The largest absolute Gasteiger partial charge is 0.465 e. The van der Waals surface area contributed by atoms with Crippen LogP contribution in [0.3, 0.4) is 0 Å². The summed E-state index contributed by atoms with van der Waals surface area (Å²) < 4.78 is 4.66. The fourth-order valence-electron chi connectivity index (χ4n) is 0.478. The fourth-order valence-corrected chi connectivity index (χ4v) is 1.11. The highest BCUT2D eigenvalue weighted by Crippen LogP contribution is 2.09. The van der Waals surface area contributed by atoms with Crippen LogP contribution in [0.15, 0.2) is 0 Å². The minimum Gasteiger partial charge on any atom is -0.465 e. The van der Waals surface area contributed by atoms with E-state index in [4.69, 9.17) is 5.73 Å². The van der Waals surface area contributed by atoms with E-state index >= 15 is 0 Å². The molecule has 0 aliphatic rings. The first-order valence-electron chi connectivity index (χ1n) is 3.64. The third-order valence-electron chi connectivity index (χ3n) is 1.16. The van der Waals surface area contributed by atoms with Crippen molar-refractivity contribution in [3.05, 3.63) is 0 Å². The number of rotatable bonds is 5. The van der Waals surface area contributed by atoms with E-state index in [1.807, 2.05) is 0 Å². The van der Waals surface area contributed by atoms with E-state index in [2.05, 4.69) is 4.74 Å². The molecule has 0 heterocycles. The van der Waals surface area contributed by atoms with Crippen LogP contribution in [0.2, 0.25) is 0 Å². The molecule has 0 spiro atoms. The minimum atomic E-state index is -0.413. The predicted molar refractivity (Wildman–Crippen MR) is 47.7 cm³/mol.